The van der Waals surface area contributed by atoms with E-state index >= 15 is 0 Å². The van der Waals surface area contributed by atoms with Crippen LogP contribution >= 0.6 is 11.6 Å². The molecule has 1 atom stereocenters. The minimum atomic E-state index is -0.658. The van der Waals surface area contributed by atoms with Crippen molar-refractivity contribution >= 4 is 17.5 Å². The number of nitrogens with zero attached hydrogens (tertiary/aromatic N) is 1. The maximum Gasteiger partial charge on any atom is 0.256 e. The number of carbonyl (C=O) groups excluding carboxylic acids is 1. The second-order valence-corrected chi connectivity index (χ2v) is 4.31. The van der Waals surface area contributed by atoms with E-state index in [-0.39, 0.29) is 22.5 Å². The van der Waals surface area contributed by atoms with E-state index in [1.165, 1.54) is 12.1 Å². The fourth-order valence-electron chi connectivity index (χ4n) is 1.81. The number of hydrogen-bond acceptors (Lipinski definition) is 2. The Balaban J connectivity index is 2.24. The van der Waals surface area contributed by atoms with E-state index in [2.05, 4.69) is 0 Å². The Labute approximate surface area is 98.0 Å². The summed E-state index contributed by atoms with van der Waals surface area (Å²) < 4.78 is 13.6. The monoisotopic (exact) mass is 242 g/mol. The first-order valence-electron chi connectivity index (χ1n) is 5.08. The summed E-state index contributed by atoms with van der Waals surface area (Å²) in [5, 5.41) is -0.0330. The van der Waals surface area contributed by atoms with Gasteiger partial charge in [-0.1, -0.05) is 17.7 Å². The Hall–Kier alpha value is -1.13. The Morgan fingerprint density at radius 2 is 2.31 bits per heavy atom. The third-order valence-electron chi connectivity index (χ3n) is 2.69. The van der Waals surface area contributed by atoms with Crippen LogP contribution in [0, 0.1) is 5.82 Å². The highest BCUT2D eigenvalue weighted by Gasteiger charge is 2.26. The largest absolute Gasteiger partial charge is 0.337 e. The third-order valence-corrected chi connectivity index (χ3v) is 2.99. The van der Waals surface area contributed by atoms with Gasteiger partial charge in [0.2, 0.25) is 0 Å². The molecule has 1 saturated heterocycles. The molecule has 1 fully saturated rings. The van der Waals surface area contributed by atoms with Crippen LogP contribution in [0.5, 0.6) is 0 Å². The molecule has 3 nitrogen and oxygen atoms in total. The van der Waals surface area contributed by atoms with Gasteiger partial charge >= 0.3 is 0 Å². The number of carbonyl (C=O) groups is 1. The predicted molar refractivity (Wildman–Crippen MR) is 59.9 cm³/mol. The van der Waals surface area contributed by atoms with E-state index in [1.807, 2.05) is 0 Å². The molecule has 1 aromatic carbocycles. The van der Waals surface area contributed by atoms with Gasteiger partial charge in [-0.25, -0.2) is 4.39 Å². The molecule has 1 amide bonds. The standard InChI is InChI=1S/C11H12ClFN2O/c12-9-3-1-2-8(10(9)13)11(16)15-5-4-7(14)6-15/h1-3,7H,4-6,14H2/t7-/m1/s1. The fraction of sp³-hybridized carbons (Fsp3) is 0.364. The number of halogens is 2. The highest BCUT2D eigenvalue weighted by atomic mass is 35.5. The molecule has 1 aromatic rings. The summed E-state index contributed by atoms with van der Waals surface area (Å²) in [5.74, 6) is -0.998. The van der Waals surface area contributed by atoms with Crippen molar-refractivity contribution in [3.63, 3.8) is 0 Å². The van der Waals surface area contributed by atoms with E-state index in [0.29, 0.717) is 13.1 Å². The number of hydrogen-bond donors (Lipinski definition) is 1. The van der Waals surface area contributed by atoms with E-state index < -0.39 is 5.82 Å². The Morgan fingerprint density at radius 3 is 2.94 bits per heavy atom. The van der Waals surface area contributed by atoms with Crippen LogP contribution in [0.25, 0.3) is 0 Å². The van der Waals surface area contributed by atoms with Crippen molar-refractivity contribution in [2.24, 2.45) is 5.73 Å². The summed E-state index contributed by atoms with van der Waals surface area (Å²) >= 11 is 5.62. The van der Waals surface area contributed by atoms with Crippen molar-refractivity contribution in [3.8, 4) is 0 Å². The summed E-state index contributed by atoms with van der Waals surface area (Å²) in [4.78, 5) is 13.5. The lowest BCUT2D eigenvalue weighted by Crippen LogP contribution is -2.32. The first-order chi connectivity index (χ1) is 7.59. The maximum atomic E-state index is 13.6. The van der Waals surface area contributed by atoms with Crippen molar-refractivity contribution in [3.05, 3.63) is 34.6 Å². The van der Waals surface area contributed by atoms with Crippen LogP contribution in [0.3, 0.4) is 0 Å². The van der Waals surface area contributed by atoms with Crippen molar-refractivity contribution in [1.82, 2.24) is 4.90 Å². The highest BCUT2D eigenvalue weighted by molar-refractivity contribution is 6.31. The third kappa shape index (κ3) is 2.03. The summed E-state index contributed by atoms with van der Waals surface area (Å²) in [7, 11) is 0. The van der Waals surface area contributed by atoms with E-state index in [0.717, 1.165) is 6.42 Å². The second kappa shape index (κ2) is 4.39. The molecule has 16 heavy (non-hydrogen) atoms. The molecule has 0 unspecified atom stereocenters. The Bertz CT molecular complexity index is 424. The molecule has 0 aromatic heterocycles. The van der Waals surface area contributed by atoms with Crippen molar-refractivity contribution in [2.45, 2.75) is 12.5 Å². The number of benzene rings is 1. The normalized spacial score (nSPS) is 20.2. The maximum absolute atomic E-state index is 13.6. The number of rotatable bonds is 1. The summed E-state index contributed by atoms with van der Waals surface area (Å²) in [6.45, 7) is 1.05. The molecule has 1 aliphatic rings. The quantitative estimate of drug-likeness (QED) is 0.814. The zero-order valence-corrected chi connectivity index (χ0v) is 9.38. The van der Waals surface area contributed by atoms with Crippen LogP contribution in [0.2, 0.25) is 5.02 Å². The molecular formula is C11H12ClFN2O. The van der Waals surface area contributed by atoms with Gasteiger partial charge in [0.05, 0.1) is 10.6 Å². The average molecular weight is 243 g/mol. The molecule has 2 N–H and O–H groups in total. The van der Waals surface area contributed by atoms with Crippen molar-refractivity contribution in [1.29, 1.82) is 0 Å². The van der Waals surface area contributed by atoms with Crippen molar-refractivity contribution in [2.75, 3.05) is 13.1 Å². The van der Waals surface area contributed by atoms with Crippen LogP contribution in [-0.4, -0.2) is 29.9 Å². The second-order valence-electron chi connectivity index (χ2n) is 3.90. The van der Waals surface area contributed by atoms with Crippen molar-refractivity contribution < 1.29 is 9.18 Å². The summed E-state index contributed by atoms with van der Waals surface area (Å²) in [6.07, 6.45) is 0.758. The number of nitrogens with two attached hydrogens (primary N) is 1. The lowest BCUT2D eigenvalue weighted by atomic mass is 10.2. The van der Waals surface area contributed by atoms with Gasteiger partial charge in [0.25, 0.3) is 5.91 Å². The van der Waals surface area contributed by atoms with Crippen LogP contribution in [0.15, 0.2) is 18.2 Å². The smallest absolute Gasteiger partial charge is 0.256 e. The van der Waals surface area contributed by atoms with Crippen LogP contribution < -0.4 is 5.73 Å². The molecule has 1 aliphatic heterocycles. The first-order valence-corrected chi connectivity index (χ1v) is 5.46. The lowest BCUT2D eigenvalue weighted by molar-refractivity contribution is 0.0786. The molecule has 1 heterocycles. The average Bonchev–Trinajstić information content (AvgIpc) is 2.68. The number of amides is 1. The van der Waals surface area contributed by atoms with E-state index in [4.69, 9.17) is 17.3 Å². The van der Waals surface area contributed by atoms with Gasteiger partial charge in [-0.3, -0.25) is 4.79 Å². The summed E-state index contributed by atoms with van der Waals surface area (Å²) in [6, 6.07) is 4.41. The lowest BCUT2D eigenvalue weighted by Gasteiger charge is -2.16. The topological polar surface area (TPSA) is 46.3 Å². The van der Waals surface area contributed by atoms with E-state index in [9.17, 15) is 9.18 Å². The van der Waals surface area contributed by atoms with Gasteiger partial charge in [0, 0.05) is 19.1 Å². The minimum Gasteiger partial charge on any atom is -0.337 e. The molecule has 0 radical (unpaired) electrons. The van der Waals surface area contributed by atoms with Crippen LogP contribution in [0.4, 0.5) is 4.39 Å². The molecule has 0 bridgehead atoms. The van der Waals surface area contributed by atoms with Gasteiger partial charge in [-0.05, 0) is 18.6 Å². The van der Waals surface area contributed by atoms with Gasteiger partial charge in [0.1, 0.15) is 0 Å². The highest BCUT2D eigenvalue weighted by Crippen LogP contribution is 2.20. The van der Waals surface area contributed by atoms with Gasteiger partial charge < -0.3 is 10.6 Å². The molecule has 0 spiro atoms. The van der Waals surface area contributed by atoms with Gasteiger partial charge in [-0.2, -0.15) is 0 Å². The molecule has 0 saturated carbocycles. The molecule has 0 aliphatic carbocycles. The van der Waals surface area contributed by atoms with Gasteiger partial charge in [-0.15, -0.1) is 0 Å². The fourth-order valence-corrected chi connectivity index (χ4v) is 1.99. The molecule has 2 rings (SSSR count). The van der Waals surface area contributed by atoms with Crippen LogP contribution in [-0.2, 0) is 0 Å². The zero-order valence-electron chi connectivity index (χ0n) is 8.62. The minimum absolute atomic E-state index is 0.00815. The molecular weight excluding hydrogens is 231 g/mol. The van der Waals surface area contributed by atoms with Gasteiger partial charge in [0.15, 0.2) is 5.82 Å². The Kier molecular flexibility index (Phi) is 3.12. The molecule has 5 heteroatoms. The Morgan fingerprint density at radius 1 is 1.56 bits per heavy atom. The number of likely N-dealkylation sites (tertiary alicyclic amines) is 1. The van der Waals surface area contributed by atoms with Crippen LogP contribution in [0.1, 0.15) is 16.8 Å². The zero-order chi connectivity index (χ0) is 11.7. The van der Waals surface area contributed by atoms with E-state index in [1.54, 1.807) is 11.0 Å². The SMILES string of the molecule is N[C@@H]1CCN(C(=O)c2cccc(Cl)c2F)C1. The predicted octanol–water partition coefficient (Wildman–Crippen LogP) is 1.65. The molecule has 86 valence electrons. The first kappa shape index (κ1) is 11.4. The summed E-state index contributed by atoms with van der Waals surface area (Å²) in [5.41, 5.74) is 5.71.